The number of halogens is 1. The SMILES string of the molecule is COc1nc(NN)nc(Nc2cccc(Cl)c2C)n1. The number of hydrogen-bond donors (Lipinski definition) is 3. The number of hydrazine groups is 1. The molecule has 19 heavy (non-hydrogen) atoms. The van der Waals surface area contributed by atoms with Crippen molar-refractivity contribution in [1.82, 2.24) is 15.0 Å². The molecule has 1 aromatic heterocycles. The van der Waals surface area contributed by atoms with Crippen molar-refractivity contribution in [3.05, 3.63) is 28.8 Å². The number of benzene rings is 1. The predicted molar refractivity (Wildman–Crippen MR) is 73.7 cm³/mol. The molecule has 0 aliphatic carbocycles. The molecule has 2 rings (SSSR count). The van der Waals surface area contributed by atoms with Gasteiger partial charge in [0.05, 0.1) is 7.11 Å². The number of rotatable bonds is 4. The van der Waals surface area contributed by atoms with Crippen LogP contribution in [0.1, 0.15) is 5.56 Å². The highest BCUT2D eigenvalue weighted by Crippen LogP contribution is 2.25. The summed E-state index contributed by atoms with van der Waals surface area (Å²) >= 11 is 6.05. The molecule has 0 atom stereocenters. The molecule has 0 saturated heterocycles. The van der Waals surface area contributed by atoms with Gasteiger partial charge < -0.3 is 10.1 Å². The minimum atomic E-state index is 0.158. The van der Waals surface area contributed by atoms with E-state index in [1.54, 1.807) is 0 Å². The molecule has 0 fully saturated rings. The third-order valence-electron chi connectivity index (χ3n) is 2.44. The van der Waals surface area contributed by atoms with E-state index in [9.17, 15) is 0 Å². The average molecular weight is 281 g/mol. The van der Waals surface area contributed by atoms with E-state index in [4.69, 9.17) is 22.2 Å². The first kappa shape index (κ1) is 13.3. The standard InChI is InChI=1S/C11H13ClN6O/c1-6-7(12)4-3-5-8(6)14-9-15-10(18-13)17-11(16-9)19-2/h3-5H,13H2,1-2H3,(H2,14,15,16,17,18). The fourth-order valence-corrected chi connectivity index (χ4v) is 1.61. The van der Waals surface area contributed by atoms with Gasteiger partial charge in [-0.25, -0.2) is 5.84 Å². The van der Waals surface area contributed by atoms with Gasteiger partial charge in [-0.05, 0) is 24.6 Å². The summed E-state index contributed by atoms with van der Waals surface area (Å²) in [5, 5.41) is 3.70. The number of anilines is 3. The number of ether oxygens (including phenoxy) is 1. The second kappa shape index (κ2) is 5.68. The molecule has 1 heterocycles. The average Bonchev–Trinajstić information content (AvgIpc) is 2.43. The van der Waals surface area contributed by atoms with Crippen LogP contribution in [0.2, 0.25) is 5.02 Å². The molecule has 1 aromatic carbocycles. The Morgan fingerprint density at radius 1 is 1.21 bits per heavy atom. The van der Waals surface area contributed by atoms with Crippen molar-refractivity contribution >= 4 is 29.2 Å². The zero-order valence-electron chi connectivity index (χ0n) is 10.4. The molecule has 0 aliphatic heterocycles. The molecule has 7 nitrogen and oxygen atoms in total. The van der Waals surface area contributed by atoms with Gasteiger partial charge in [0, 0.05) is 10.7 Å². The zero-order chi connectivity index (χ0) is 13.8. The Morgan fingerprint density at radius 2 is 1.95 bits per heavy atom. The van der Waals surface area contributed by atoms with Crippen LogP contribution in [-0.4, -0.2) is 22.1 Å². The lowest BCUT2D eigenvalue weighted by Crippen LogP contribution is -2.13. The van der Waals surface area contributed by atoms with Gasteiger partial charge in [0.1, 0.15) is 0 Å². The predicted octanol–water partition coefficient (Wildman–Crippen LogP) is 1.87. The molecule has 0 unspecified atom stereocenters. The van der Waals surface area contributed by atoms with Gasteiger partial charge in [-0.1, -0.05) is 17.7 Å². The maximum absolute atomic E-state index is 6.05. The highest BCUT2D eigenvalue weighted by atomic mass is 35.5. The van der Waals surface area contributed by atoms with Gasteiger partial charge in [0.25, 0.3) is 0 Å². The van der Waals surface area contributed by atoms with Crippen LogP contribution in [0.4, 0.5) is 17.6 Å². The molecule has 0 amide bonds. The smallest absolute Gasteiger partial charge is 0.322 e. The number of aromatic nitrogens is 3. The fraction of sp³-hybridized carbons (Fsp3) is 0.182. The summed E-state index contributed by atoms with van der Waals surface area (Å²) in [6, 6.07) is 5.67. The van der Waals surface area contributed by atoms with Crippen LogP contribution in [0, 0.1) is 6.92 Å². The van der Waals surface area contributed by atoms with Crippen molar-refractivity contribution in [3.63, 3.8) is 0 Å². The summed E-state index contributed by atoms with van der Waals surface area (Å²) < 4.78 is 4.97. The third kappa shape index (κ3) is 3.01. The lowest BCUT2D eigenvalue weighted by Gasteiger charge is -2.10. The second-order valence-electron chi connectivity index (χ2n) is 3.65. The fourth-order valence-electron chi connectivity index (χ4n) is 1.43. The van der Waals surface area contributed by atoms with Crippen LogP contribution in [0.15, 0.2) is 18.2 Å². The van der Waals surface area contributed by atoms with E-state index in [0.29, 0.717) is 11.0 Å². The molecular formula is C11H13ClN6O. The van der Waals surface area contributed by atoms with Crippen LogP contribution >= 0.6 is 11.6 Å². The van der Waals surface area contributed by atoms with Crippen LogP contribution in [0.3, 0.4) is 0 Å². The van der Waals surface area contributed by atoms with Crippen LogP contribution in [0.25, 0.3) is 0 Å². The number of nitrogens with zero attached hydrogens (tertiary/aromatic N) is 3. The molecule has 0 bridgehead atoms. The van der Waals surface area contributed by atoms with E-state index in [-0.39, 0.29) is 12.0 Å². The van der Waals surface area contributed by atoms with E-state index in [1.807, 2.05) is 25.1 Å². The first-order valence-electron chi connectivity index (χ1n) is 5.43. The molecule has 2 aromatic rings. The Hall–Kier alpha value is -2.12. The number of hydrogen-bond acceptors (Lipinski definition) is 7. The molecule has 4 N–H and O–H groups in total. The van der Waals surface area contributed by atoms with Gasteiger partial charge in [-0.3, -0.25) is 5.43 Å². The zero-order valence-corrected chi connectivity index (χ0v) is 11.2. The van der Waals surface area contributed by atoms with Crippen LogP contribution in [0.5, 0.6) is 6.01 Å². The molecular weight excluding hydrogens is 268 g/mol. The first-order chi connectivity index (χ1) is 9.13. The summed E-state index contributed by atoms with van der Waals surface area (Å²) in [7, 11) is 1.46. The van der Waals surface area contributed by atoms with Crippen LogP contribution < -0.4 is 21.3 Å². The van der Waals surface area contributed by atoms with Gasteiger partial charge in [-0.2, -0.15) is 15.0 Å². The highest BCUT2D eigenvalue weighted by molar-refractivity contribution is 6.31. The summed E-state index contributed by atoms with van der Waals surface area (Å²) in [6.07, 6.45) is 0. The number of nitrogens with one attached hydrogen (secondary N) is 2. The van der Waals surface area contributed by atoms with E-state index in [1.165, 1.54) is 7.11 Å². The molecule has 8 heteroatoms. The van der Waals surface area contributed by atoms with E-state index < -0.39 is 0 Å². The molecule has 0 spiro atoms. The Balaban J connectivity index is 2.34. The molecule has 100 valence electrons. The lowest BCUT2D eigenvalue weighted by atomic mass is 10.2. The lowest BCUT2D eigenvalue weighted by molar-refractivity contribution is 0.379. The third-order valence-corrected chi connectivity index (χ3v) is 2.85. The Kier molecular flexibility index (Phi) is 3.98. The van der Waals surface area contributed by atoms with Crippen molar-refractivity contribution in [2.24, 2.45) is 5.84 Å². The number of nitrogen functional groups attached to an aromatic ring is 1. The number of methoxy groups -OCH3 is 1. The quantitative estimate of drug-likeness (QED) is 0.581. The maximum atomic E-state index is 6.05. The van der Waals surface area contributed by atoms with Crippen molar-refractivity contribution in [3.8, 4) is 6.01 Å². The molecule has 0 radical (unpaired) electrons. The van der Waals surface area contributed by atoms with Gasteiger partial charge >= 0.3 is 6.01 Å². The Labute approximate surface area is 115 Å². The van der Waals surface area contributed by atoms with Crippen molar-refractivity contribution in [2.75, 3.05) is 17.9 Å². The first-order valence-corrected chi connectivity index (χ1v) is 5.80. The Bertz CT molecular complexity index is 569. The van der Waals surface area contributed by atoms with E-state index in [0.717, 1.165) is 11.3 Å². The maximum Gasteiger partial charge on any atom is 0.322 e. The van der Waals surface area contributed by atoms with Gasteiger partial charge in [-0.15, -0.1) is 0 Å². The largest absolute Gasteiger partial charge is 0.467 e. The monoisotopic (exact) mass is 280 g/mol. The summed E-state index contributed by atoms with van der Waals surface area (Å²) in [6.45, 7) is 1.89. The minimum absolute atomic E-state index is 0.158. The normalized spacial score (nSPS) is 10.1. The van der Waals surface area contributed by atoms with Gasteiger partial charge in [0.2, 0.25) is 11.9 Å². The van der Waals surface area contributed by atoms with Crippen LogP contribution in [-0.2, 0) is 0 Å². The van der Waals surface area contributed by atoms with E-state index in [2.05, 4.69) is 25.7 Å². The highest BCUT2D eigenvalue weighted by Gasteiger charge is 2.08. The summed E-state index contributed by atoms with van der Waals surface area (Å²) in [5.74, 6) is 5.80. The summed E-state index contributed by atoms with van der Waals surface area (Å²) in [4.78, 5) is 12.1. The molecule has 0 saturated carbocycles. The van der Waals surface area contributed by atoms with E-state index >= 15 is 0 Å². The minimum Gasteiger partial charge on any atom is -0.467 e. The van der Waals surface area contributed by atoms with Crippen molar-refractivity contribution in [1.29, 1.82) is 0 Å². The second-order valence-corrected chi connectivity index (χ2v) is 4.06. The number of nitrogens with two attached hydrogens (primary N) is 1. The molecule has 0 aliphatic rings. The van der Waals surface area contributed by atoms with Gasteiger partial charge in [0.15, 0.2) is 0 Å². The topological polar surface area (TPSA) is 98.0 Å². The Morgan fingerprint density at radius 3 is 2.63 bits per heavy atom. The summed E-state index contributed by atoms with van der Waals surface area (Å²) in [5.41, 5.74) is 4.03. The van der Waals surface area contributed by atoms with Crippen molar-refractivity contribution in [2.45, 2.75) is 6.92 Å². The van der Waals surface area contributed by atoms with Crippen molar-refractivity contribution < 1.29 is 4.74 Å².